The van der Waals surface area contributed by atoms with E-state index in [1.165, 1.54) is 16.7 Å². The van der Waals surface area contributed by atoms with Crippen LogP contribution in [0.25, 0.3) is 0 Å². The first-order chi connectivity index (χ1) is 8.56. The van der Waals surface area contributed by atoms with Gasteiger partial charge in [0.2, 0.25) is 0 Å². The van der Waals surface area contributed by atoms with Crippen LogP contribution in [0.5, 0.6) is 0 Å². The van der Waals surface area contributed by atoms with Crippen molar-refractivity contribution in [1.29, 1.82) is 0 Å². The third kappa shape index (κ3) is 3.69. The zero-order valence-corrected chi connectivity index (χ0v) is 14.7. The SMILES string of the molecule is Cc1cc(Br)ccc1C(Br)Cc1ccc(Br)cc1. The molecule has 0 spiro atoms. The summed E-state index contributed by atoms with van der Waals surface area (Å²) in [7, 11) is 0. The van der Waals surface area contributed by atoms with Gasteiger partial charge in [-0.3, -0.25) is 0 Å². The summed E-state index contributed by atoms with van der Waals surface area (Å²) >= 11 is 10.7. The molecule has 18 heavy (non-hydrogen) atoms. The summed E-state index contributed by atoms with van der Waals surface area (Å²) in [5, 5.41) is 0. The van der Waals surface area contributed by atoms with Crippen LogP contribution in [0.1, 0.15) is 21.5 Å². The van der Waals surface area contributed by atoms with Crippen LogP contribution in [0.2, 0.25) is 0 Å². The number of hydrogen-bond donors (Lipinski definition) is 0. The van der Waals surface area contributed by atoms with Crippen molar-refractivity contribution in [1.82, 2.24) is 0 Å². The van der Waals surface area contributed by atoms with Gasteiger partial charge < -0.3 is 0 Å². The molecule has 1 atom stereocenters. The largest absolute Gasteiger partial charge is 0.0835 e. The summed E-state index contributed by atoms with van der Waals surface area (Å²) in [4.78, 5) is 0.353. The van der Waals surface area contributed by atoms with Gasteiger partial charge >= 0.3 is 0 Å². The molecular weight excluding hydrogens is 420 g/mol. The van der Waals surface area contributed by atoms with E-state index in [0.717, 1.165) is 15.4 Å². The summed E-state index contributed by atoms with van der Waals surface area (Å²) in [6.45, 7) is 2.15. The monoisotopic (exact) mass is 430 g/mol. The van der Waals surface area contributed by atoms with Gasteiger partial charge in [0, 0.05) is 13.8 Å². The molecule has 0 aliphatic rings. The Bertz CT molecular complexity index is 532. The highest BCUT2D eigenvalue weighted by atomic mass is 79.9. The Morgan fingerprint density at radius 3 is 2.17 bits per heavy atom. The van der Waals surface area contributed by atoms with Gasteiger partial charge in [-0.15, -0.1) is 0 Å². The normalized spacial score (nSPS) is 12.4. The Morgan fingerprint density at radius 1 is 0.944 bits per heavy atom. The highest BCUT2D eigenvalue weighted by Crippen LogP contribution is 2.31. The van der Waals surface area contributed by atoms with Gasteiger partial charge in [-0.2, -0.15) is 0 Å². The van der Waals surface area contributed by atoms with E-state index in [-0.39, 0.29) is 0 Å². The lowest BCUT2D eigenvalue weighted by Gasteiger charge is -2.13. The molecule has 1 unspecified atom stereocenters. The van der Waals surface area contributed by atoms with Crippen LogP contribution in [0.3, 0.4) is 0 Å². The molecule has 0 heterocycles. The van der Waals surface area contributed by atoms with Crippen molar-refractivity contribution >= 4 is 47.8 Å². The average Bonchev–Trinajstić information content (AvgIpc) is 2.32. The quantitative estimate of drug-likeness (QED) is 0.506. The standard InChI is InChI=1S/C15H13Br3/c1-10-8-13(17)6-7-14(10)15(18)9-11-2-4-12(16)5-3-11/h2-8,15H,9H2,1H3. The fraction of sp³-hybridized carbons (Fsp3) is 0.200. The third-order valence-corrected chi connectivity index (χ3v) is 4.74. The Kier molecular flexibility index (Phi) is 5.05. The molecule has 0 fully saturated rings. The van der Waals surface area contributed by atoms with E-state index < -0.39 is 0 Å². The first-order valence-corrected chi connectivity index (χ1v) is 8.21. The zero-order valence-electron chi connectivity index (χ0n) is 9.96. The lowest BCUT2D eigenvalue weighted by molar-refractivity contribution is 0.937. The second-order valence-electron chi connectivity index (χ2n) is 4.30. The molecule has 0 amide bonds. The Balaban J connectivity index is 2.16. The lowest BCUT2D eigenvalue weighted by Crippen LogP contribution is -1.98. The average molecular weight is 433 g/mol. The minimum atomic E-state index is 0.353. The van der Waals surface area contributed by atoms with E-state index in [1.54, 1.807) is 0 Å². The van der Waals surface area contributed by atoms with Crippen molar-refractivity contribution in [2.75, 3.05) is 0 Å². The van der Waals surface area contributed by atoms with Crippen molar-refractivity contribution in [3.05, 3.63) is 68.1 Å². The fourth-order valence-corrected chi connectivity index (χ4v) is 3.56. The molecule has 3 heteroatoms. The molecule has 2 aromatic rings. The van der Waals surface area contributed by atoms with Crippen LogP contribution in [-0.2, 0) is 6.42 Å². The zero-order chi connectivity index (χ0) is 13.1. The molecule has 0 saturated carbocycles. The molecule has 94 valence electrons. The van der Waals surface area contributed by atoms with Gasteiger partial charge in [-0.1, -0.05) is 66.0 Å². The summed E-state index contributed by atoms with van der Waals surface area (Å²) in [6.07, 6.45) is 0.996. The molecule has 0 N–H and O–H groups in total. The van der Waals surface area contributed by atoms with Crippen LogP contribution < -0.4 is 0 Å². The predicted molar refractivity (Wildman–Crippen MR) is 88.4 cm³/mol. The van der Waals surface area contributed by atoms with E-state index in [4.69, 9.17) is 0 Å². The summed E-state index contributed by atoms with van der Waals surface area (Å²) < 4.78 is 2.25. The molecule has 0 aliphatic carbocycles. The molecule has 2 aromatic carbocycles. The van der Waals surface area contributed by atoms with Crippen molar-refractivity contribution in [3.8, 4) is 0 Å². The number of rotatable bonds is 3. The van der Waals surface area contributed by atoms with Crippen molar-refractivity contribution < 1.29 is 0 Å². The van der Waals surface area contributed by atoms with E-state index in [0.29, 0.717) is 4.83 Å². The van der Waals surface area contributed by atoms with Crippen LogP contribution in [0.15, 0.2) is 51.4 Å². The van der Waals surface area contributed by atoms with Crippen molar-refractivity contribution in [2.24, 2.45) is 0 Å². The number of benzene rings is 2. The van der Waals surface area contributed by atoms with Crippen LogP contribution >= 0.6 is 47.8 Å². The number of alkyl halides is 1. The van der Waals surface area contributed by atoms with Gasteiger partial charge in [0.15, 0.2) is 0 Å². The molecule has 0 radical (unpaired) electrons. The molecule has 0 nitrogen and oxygen atoms in total. The first kappa shape index (κ1) is 14.3. The number of aryl methyl sites for hydroxylation is 1. The molecule has 2 rings (SSSR count). The van der Waals surface area contributed by atoms with Gasteiger partial charge in [0.25, 0.3) is 0 Å². The molecular formula is C15H13Br3. The molecule has 0 aliphatic heterocycles. The maximum atomic E-state index is 3.79. The lowest BCUT2D eigenvalue weighted by atomic mass is 10.0. The maximum absolute atomic E-state index is 3.79. The van der Waals surface area contributed by atoms with Crippen LogP contribution in [0.4, 0.5) is 0 Å². The highest BCUT2D eigenvalue weighted by Gasteiger charge is 2.11. The number of halogens is 3. The van der Waals surface area contributed by atoms with E-state index in [2.05, 4.69) is 97.2 Å². The topological polar surface area (TPSA) is 0 Å². The molecule has 0 saturated heterocycles. The van der Waals surface area contributed by atoms with Crippen LogP contribution in [0, 0.1) is 6.92 Å². The van der Waals surface area contributed by atoms with Gasteiger partial charge in [0.05, 0.1) is 0 Å². The fourth-order valence-electron chi connectivity index (χ4n) is 1.93. The van der Waals surface area contributed by atoms with Crippen molar-refractivity contribution in [2.45, 2.75) is 18.2 Å². The second kappa shape index (κ2) is 6.36. The minimum Gasteiger partial charge on any atom is -0.0835 e. The van der Waals surface area contributed by atoms with Crippen molar-refractivity contribution in [3.63, 3.8) is 0 Å². The maximum Gasteiger partial charge on any atom is 0.0438 e. The third-order valence-electron chi connectivity index (χ3n) is 2.90. The van der Waals surface area contributed by atoms with Crippen LogP contribution in [-0.4, -0.2) is 0 Å². The second-order valence-corrected chi connectivity index (χ2v) is 7.24. The number of hydrogen-bond acceptors (Lipinski definition) is 0. The van der Waals surface area contributed by atoms with E-state index in [1.807, 2.05) is 0 Å². The summed E-state index contributed by atoms with van der Waals surface area (Å²) in [5.41, 5.74) is 3.99. The minimum absolute atomic E-state index is 0.353. The first-order valence-electron chi connectivity index (χ1n) is 5.71. The molecule has 0 aromatic heterocycles. The van der Waals surface area contributed by atoms with Gasteiger partial charge in [-0.25, -0.2) is 0 Å². The summed E-state index contributed by atoms with van der Waals surface area (Å²) in [5.74, 6) is 0. The predicted octanol–water partition coefficient (Wildman–Crippen LogP) is 6.20. The molecule has 0 bridgehead atoms. The highest BCUT2D eigenvalue weighted by molar-refractivity contribution is 9.10. The Hall–Kier alpha value is -0.120. The van der Waals surface area contributed by atoms with Gasteiger partial charge in [-0.05, 0) is 54.3 Å². The Labute approximate surface area is 133 Å². The van der Waals surface area contributed by atoms with E-state index in [9.17, 15) is 0 Å². The summed E-state index contributed by atoms with van der Waals surface area (Å²) in [6, 6.07) is 14.9. The Morgan fingerprint density at radius 2 is 1.56 bits per heavy atom. The smallest absolute Gasteiger partial charge is 0.0438 e. The van der Waals surface area contributed by atoms with E-state index >= 15 is 0 Å². The van der Waals surface area contributed by atoms with Gasteiger partial charge in [0.1, 0.15) is 0 Å².